The highest BCUT2D eigenvalue weighted by atomic mass is 35.5. The van der Waals surface area contributed by atoms with Crippen molar-refractivity contribution in [1.82, 2.24) is 0 Å². The zero-order chi connectivity index (χ0) is 15.6. The van der Waals surface area contributed by atoms with Crippen molar-refractivity contribution in [3.05, 3.63) is 52.4 Å². The van der Waals surface area contributed by atoms with Crippen LogP contribution in [0.3, 0.4) is 0 Å². The molecule has 0 fully saturated rings. The minimum absolute atomic E-state index is 0.00501. The van der Waals surface area contributed by atoms with Crippen molar-refractivity contribution in [3.8, 4) is 6.07 Å². The van der Waals surface area contributed by atoms with Crippen molar-refractivity contribution < 1.29 is 22.4 Å². The Morgan fingerprint density at radius 2 is 2.05 bits per heavy atom. The molecule has 0 spiro atoms. The van der Waals surface area contributed by atoms with Crippen LogP contribution < -0.4 is 5.32 Å². The van der Waals surface area contributed by atoms with E-state index in [1.54, 1.807) is 0 Å². The third-order valence-corrected chi connectivity index (χ3v) is 2.86. The van der Waals surface area contributed by atoms with Gasteiger partial charge in [0.05, 0.1) is 29.0 Å². The Morgan fingerprint density at radius 3 is 2.57 bits per heavy atom. The van der Waals surface area contributed by atoms with Crippen LogP contribution in [0.1, 0.15) is 21.5 Å². The van der Waals surface area contributed by atoms with E-state index in [4.69, 9.17) is 21.3 Å². The highest BCUT2D eigenvalue weighted by Gasteiger charge is 2.34. The molecule has 8 heteroatoms. The predicted molar refractivity (Wildman–Crippen MR) is 67.8 cm³/mol. The fraction of sp³-hybridized carbons (Fsp3) is 0.0769. The summed E-state index contributed by atoms with van der Waals surface area (Å²) in [7, 11) is 0. The molecule has 0 aliphatic heterocycles. The summed E-state index contributed by atoms with van der Waals surface area (Å²) in [6.07, 6.45) is -3.52. The molecule has 0 saturated heterocycles. The van der Waals surface area contributed by atoms with Gasteiger partial charge in [-0.25, -0.2) is 0 Å². The van der Waals surface area contributed by atoms with Crippen LogP contribution in [0.4, 0.5) is 18.9 Å². The number of carbonyl (C=O) groups excluding carboxylic acids is 1. The van der Waals surface area contributed by atoms with Crippen LogP contribution in [0.2, 0.25) is 5.22 Å². The normalized spacial score (nSPS) is 11.0. The smallest absolute Gasteiger partial charge is 0.417 e. The maximum Gasteiger partial charge on any atom is 0.417 e. The zero-order valence-electron chi connectivity index (χ0n) is 10.2. The summed E-state index contributed by atoms with van der Waals surface area (Å²) in [6, 6.07) is 5.59. The highest BCUT2D eigenvalue weighted by Crippen LogP contribution is 2.33. The van der Waals surface area contributed by atoms with Crippen molar-refractivity contribution in [1.29, 1.82) is 5.26 Å². The monoisotopic (exact) mass is 314 g/mol. The van der Waals surface area contributed by atoms with Crippen LogP contribution in [-0.2, 0) is 6.18 Å². The number of alkyl halides is 3. The minimum atomic E-state index is -4.70. The number of nitrogens with zero attached hydrogens (tertiary/aromatic N) is 1. The number of hydrogen-bond acceptors (Lipinski definition) is 3. The Kier molecular flexibility index (Phi) is 3.91. The van der Waals surface area contributed by atoms with Gasteiger partial charge in [0.2, 0.25) is 5.22 Å². The van der Waals surface area contributed by atoms with Gasteiger partial charge in [-0.3, -0.25) is 4.79 Å². The first kappa shape index (κ1) is 14.9. The number of amides is 1. The van der Waals surface area contributed by atoms with E-state index < -0.39 is 23.2 Å². The molecule has 108 valence electrons. The molecule has 2 aromatic rings. The third-order valence-electron chi connectivity index (χ3n) is 2.57. The van der Waals surface area contributed by atoms with Gasteiger partial charge in [-0.2, -0.15) is 18.4 Å². The lowest BCUT2D eigenvalue weighted by molar-refractivity contribution is -0.137. The molecule has 1 amide bonds. The van der Waals surface area contributed by atoms with Crippen LogP contribution in [0.15, 0.2) is 34.9 Å². The number of nitrogens with one attached hydrogen (secondary N) is 1. The fourth-order valence-corrected chi connectivity index (χ4v) is 1.81. The summed E-state index contributed by atoms with van der Waals surface area (Å²) in [5, 5.41) is 10.8. The van der Waals surface area contributed by atoms with E-state index in [0.29, 0.717) is 6.07 Å². The van der Waals surface area contributed by atoms with Gasteiger partial charge in [0.25, 0.3) is 5.91 Å². The third kappa shape index (κ3) is 3.17. The summed E-state index contributed by atoms with van der Waals surface area (Å²) in [4.78, 5) is 11.8. The van der Waals surface area contributed by atoms with Gasteiger partial charge < -0.3 is 9.73 Å². The number of anilines is 1. The van der Waals surface area contributed by atoms with Gasteiger partial charge in [-0.05, 0) is 35.9 Å². The standard InChI is InChI=1S/C13H6ClF3N2O2/c14-11-9(3-4-21-11)12(20)19-8-2-1-7(6-18)10(5-8)13(15,16)17/h1-5H,(H,19,20). The Hall–Kier alpha value is -2.46. The molecule has 0 aliphatic carbocycles. The Morgan fingerprint density at radius 1 is 1.33 bits per heavy atom. The molecule has 0 unspecified atom stereocenters. The lowest BCUT2D eigenvalue weighted by Gasteiger charge is -2.11. The molecule has 2 rings (SSSR count). The Bertz CT molecular complexity index is 732. The first-order valence-electron chi connectivity index (χ1n) is 5.48. The second kappa shape index (κ2) is 5.50. The molecule has 1 heterocycles. The summed E-state index contributed by atoms with van der Waals surface area (Å²) in [5.74, 6) is -0.716. The van der Waals surface area contributed by atoms with E-state index in [1.165, 1.54) is 24.5 Å². The Balaban J connectivity index is 2.32. The van der Waals surface area contributed by atoms with Gasteiger partial charge >= 0.3 is 6.18 Å². The number of nitriles is 1. The van der Waals surface area contributed by atoms with E-state index in [0.717, 1.165) is 6.07 Å². The molecule has 0 radical (unpaired) electrons. The van der Waals surface area contributed by atoms with Crippen LogP contribution in [0.5, 0.6) is 0 Å². The Labute approximate surface area is 121 Å². The van der Waals surface area contributed by atoms with Gasteiger partial charge in [0.15, 0.2) is 0 Å². The summed E-state index contributed by atoms with van der Waals surface area (Å²) < 4.78 is 43.1. The molecule has 1 aromatic carbocycles. The second-order valence-corrected chi connectivity index (χ2v) is 4.28. The molecule has 0 saturated carbocycles. The van der Waals surface area contributed by atoms with Crippen molar-refractivity contribution in [2.45, 2.75) is 6.18 Å². The summed E-state index contributed by atoms with van der Waals surface area (Å²) in [6.45, 7) is 0. The summed E-state index contributed by atoms with van der Waals surface area (Å²) >= 11 is 5.60. The lowest BCUT2D eigenvalue weighted by Crippen LogP contribution is -2.13. The first-order chi connectivity index (χ1) is 9.82. The fourth-order valence-electron chi connectivity index (χ4n) is 1.61. The quantitative estimate of drug-likeness (QED) is 0.908. The van der Waals surface area contributed by atoms with Gasteiger partial charge in [0.1, 0.15) is 0 Å². The molecule has 0 bridgehead atoms. The van der Waals surface area contributed by atoms with E-state index in [2.05, 4.69) is 5.32 Å². The maximum atomic E-state index is 12.8. The highest BCUT2D eigenvalue weighted by molar-refractivity contribution is 6.32. The second-order valence-electron chi connectivity index (χ2n) is 3.93. The van der Waals surface area contributed by atoms with E-state index in [-0.39, 0.29) is 16.5 Å². The minimum Gasteiger partial charge on any atom is -0.452 e. The molecule has 1 N–H and O–H groups in total. The topological polar surface area (TPSA) is 66.0 Å². The van der Waals surface area contributed by atoms with Gasteiger partial charge in [-0.1, -0.05) is 0 Å². The van der Waals surface area contributed by atoms with Crippen LogP contribution in [0, 0.1) is 11.3 Å². The average molecular weight is 315 g/mol. The molecule has 4 nitrogen and oxygen atoms in total. The molecular formula is C13H6ClF3N2O2. The molecule has 0 atom stereocenters. The number of rotatable bonds is 2. The number of carbonyl (C=O) groups is 1. The van der Waals surface area contributed by atoms with Crippen LogP contribution in [-0.4, -0.2) is 5.91 Å². The zero-order valence-corrected chi connectivity index (χ0v) is 10.9. The predicted octanol–water partition coefficient (Wildman–Crippen LogP) is 4.08. The largest absolute Gasteiger partial charge is 0.452 e. The average Bonchev–Trinajstić information content (AvgIpc) is 2.84. The summed E-state index contributed by atoms with van der Waals surface area (Å²) in [5.41, 5.74) is -1.76. The van der Waals surface area contributed by atoms with Crippen molar-refractivity contribution in [2.75, 3.05) is 5.32 Å². The van der Waals surface area contributed by atoms with Crippen molar-refractivity contribution in [3.63, 3.8) is 0 Å². The molecule has 21 heavy (non-hydrogen) atoms. The number of benzene rings is 1. The number of hydrogen-bond donors (Lipinski definition) is 1. The molecule has 1 aromatic heterocycles. The molecular weight excluding hydrogens is 309 g/mol. The maximum absolute atomic E-state index is 12.8. The van der Waals surface area contributed by atoms with Crippen molar-refractivity contribution >= 4 is 23.2 Å². The van der Waals surface area contributed by atoms with E-state index in [1.807, 2.05) is 0 Å². The number of halogens is 4. The number of furan rings is 1. The first-order valence-corrected chi connectivity index (χ1v) is 5.86. The van der Waals surface area contributed by atoms with Crippen LogP contribution in [0.25, 0.3) is 0 Å². The van der Waals surface area contributed by atoms with Crippen LogP contribution >= 0.6 is 11.6 Å². The van der Waals surface area contributed by atoms with E-state index in [9.17, 15) is 18.0 Å². The molecule has 0 aliphatic rings. The SMILES string of the molecule is N#Cc1ccc(NC(=O)c2ccoc2Cl)cc1C(F)(F)F. The van der Waals surface area contributed by atoms with Gasteiger partial charge in [0, 0.05) is 5.69 Å². The van der Waals surface area contributed by atoms with Gasteiger partial charge in [-0.15, -0.1) is 0 Å². The lowest BCUT2D eigenvalue weighted by atomic mass is 10.1. The van der Waals surface area contributed by atoms with Crippen molar-refractivity contribution in [2.24, 2.45) is 0 Å². The van der Waals surface area contributed by atoms with E-state index >= 15 is 0 Å².